The second-order valence-electron chi connectivity index (χ2n) is 7.07. The van der Waals surface area contributed by atoms with E-state index in [0.29, 0.717) is 5.65 Å². The van der Waals surface area contributed by atoms with Gasteiger partial charge in [0.1, 0.15) is 11.1 Å². The number of rotatable bonds is 3. The third kappa shape index (κ3) is 4.20. The Morgan fingerprint density at radius 2 is 1.88 bits per heavy atom. The standard InChI is InChI=1S/C18H14N2.C7H7N5O/c1-3-13-11-8-12-16-17(13)20-18(15(4-2)19-16)14-9-6-5-7-10-14;8-5-4(6(9)13)7-10-2-1-3-12(7)11-5/h1,5-12H,4H2,2H3;1-3H,(H2,8,11)(H2,9,13). The minimum absolute atomic E-state index is 0.103. The maximum Gasteiger partial charge on any atom is 0.256 e. The van der Waals surface area contributed by atoms with Crippen LogP contribution in [0, 0.1) is 12.3 Å². The molecule has 0 saturated heterocycles. The Kier molecular flexibility index (Phi) is 5.96. The maximum atomic E-state index is 10.9. The van der Waals surface area contributed by atoms with Crippen LogP contribution >= 0.6 is 0 Å². The van der Waals surface area contributed by atoms with Crippen molar-refractivity contribution in [1.82, 2.24) is 24.6 Å². The average Bonchev–Trinajstić information content (AvgIpc) is 3.19. The van der Waals surface area contributed by atoms with Gasteiger partial charge < -0.3 is 11.5 Å². The minimum Gasteiger partial charge on any atom is -0.381 e. The summed E-state index contributed by atoms with van der Waals surface area (Å²) in [6.07, 6.45) is 9.59. The van der Waals surface area contributed by atoms with Gasteiger partial charge in [-0.1, -0.05) is 49.2 Å². The van der Waals surface area contributed by atoms with Crippen molar-refractivity contribution in [1.29, 1.82) is 0 Å². The zero-order valence-electron chi connectivity index (χ0n) is 17.9. The second kappa shape index (κ2) is 9.16. The lowest BCUT2D eigenvalue weighted by molar-refractivity contribution is 0.100. The molecular weight excluding hydrogens is 414 g/mol. The monoisotopic (exact) mass is 435 g/mol. The number of carbonyl (C=O) groups excluding carboxylic acids is 1. The lowest BCUT2D eigenvalue weighted by Crippen LogP contribution is -2.12. The van der Waals surface area contributed by atoms with E-state index in [4.69, 9.17) is 27.9 Å². The number of primary amides is 1. The van der Waals surface area contributed by atoms with Gasteiger partial charge in [0, 0.05) is 18.0 Å². The third-order valence-corrected chi connectivity index (χ3v) is 4.97. The van der Waals surface area contributed by atoms with E-state index >= 15 is 0 Å². The summed E-state index contributed by atoms with van der Waals surface area (Å²) in [6, 6.07) is 17.6. The van der Waals surface area contributed by atoms with Gasteiger partial charge in [0.2, 0.25) is 0 Å². The Labute approximate surface area is 190 Å². The van der Waals surface area contributed by atoms with Crippen LogP contribution in [0.4, 0.5) is 5.82 Å². The van der Waals surface area contributed by atoms with Crippen LogP contribution in [0.15, 0.2) is 67.0 Å². The van der Waals surface area contributed by atoms with Gasteiger partial charge in [0.15, 0.2) is 11.5 Å². The molecule has 0 bridgehead atoms. The molecule has 0 aliphatic carbocycles. The summed E-state index contributed by atoms with van der Waals surface area (Å²) in [5, 5.41) is 3.87. The number of nitrogen functional groups attached to an aromatic ring is 1. The molecule has 3 aromatic heterocycles. The summed E-state index contributed by atoms with van der Waals surface area (Å²) < 4.78 is 1.41. The van der Waals surface area contributed by atoms with Crippen molar-refractivity contribution in [2.75, 3.05) is 5.73 Å². The van der Waals surface area contributed by atoms with Crippen molar-refractivity contribution in [3.05, 3.63) is 83.8 Å². The highest BCUT2D eigenvalue weighted by atomic mass is 16.1. The highest BCUT2D eigenvalue weighted by molar-refractivity contribution is 6.03. The first-order valence-corrected chi connectivity index (χ1v) is 10.2. The number of para-hydroxylation sites is 1. The molecule has 0 unspecified atom stereocenters. The zero-order chi connectivity index (χ0) is 23.4. The van der Waals surface area contributed by atoms with E-state index in [-0.39, 0.29) is 11.4 Å². The van der Waals surface area contributed by atoms with Gasteiger partial charge in [-0.15, -0.1) is 11.5 Å². The summed E-state index contributed by atoms with van der Waals surface area (Å²) >= 11 is 0. The summed E-state index contributed by atoms with van der Waals surface area (Å²) in [5.74, 6) is 2.17. The van der Waals surface area contributed by atoms with Crippen molar-refractivity contribution in [2.45, 2.75) is 13.3 Å². The molecule has 8 nitrogen and oxygen atoms in total. The van der Waals surface area contributed by atoms with Gasteiger partial charge in [-0.05, 0) is 24.6 Å². The normalized spacial score (nSPS) is 10.4. The number of aryl methyl sites for hydroxylation is 1. The number of nitrogens with two attached hydrogens (primary N) is 2. The van der Waals surface area contributed by atoms with Crippen LogP contribution in [-0.4, -0.2) is 30.5 Å². The molecule has 0 fully saturated rings. The predicted molar refractivity (Wildman–Crippen MR) is 128 cm³/mol. The average molecular weight is 435 g/mol. The minimum atomic E-state index is -0.619. The summed E-state index contributed by atoms with van der Waals surface area (Å²) in [7, 11) is 0. The van der Waals surface area contributed by atoms with E-state index in [1.165, 1.54) is 4.52 Å². The molecule has 162 valence electrons. The van der Waals surface area contributed by atoms with Crippen LogP contribution in [0.25, 0.3) is 27.9 Å². The van der Waals surface area contributed by atoms with Crippen molar-refractivity contribution < 1.29 is 4.79 Å². The van der Waals surface area contributed by atoms with Crippen molar-refractivity contribution in [3.8, 4) is 23.6 Å². The molecule has 0 atom stereocenters. The molecule has 2 aromatic carbocycles. The highest BCUT2D eigenvalue weighted by Crippen LogP contribution is 2.25. The lowest BCUT2D eigenvalue weighted by atomic mass is 10.1. The fourth-order valence-electron chi connectivity index (χ4n) is 3.44. The van der Waals surface area contributed by atoms with Crippen LogP contribution in [0.5, 0.6) is 0 Å². The quantitative estimate of drug-likeness (QED) is 0.419. The van der Waals surface area contributed by atoms with Crippen LogP contribution in [-0.2, 0) is 6.42 Å². The fraction of sp³-hybridized carbons (Fsp3) is 0.0800. The van der Waals surface area contributed by atoms with Crippen molar-refractivity contribution in [3.63, 3.8) is 0 Å². The molecule has 3 heterocycles. The van der Waals surface area contributed by atoms with E-state index in [1.807, 2.05) is 48.5 Å². The molecule has 5 rings (SSSR count). The van der Waals surface area contributed by atoms with E-state index in [2.05, 4.69) is 22.9 Å². The van der Waals surface area contributed by atoms with E-state index in [1.54, 1.807) is 18.5 Å². The molecule has 8 heteroatoms. The fourth-order valence-corrected chi connectivity index (χ4v) is 3.44. The van der Waals surface area contributed by atoms with Gasteiger partial charge in [-0.2, -0.15) is 0 Å². The van der Waals surface area contributed by atoms with Gasteiger partial charge in [0.25, 0.3) is 5.91 Å². The molecular formula is C25H21N7O. The number of anilines is 1. The molecule has 33 heavy (non-hydrogen) atoms. The molecule has 0 spiro atoms. The summed E-state index contributed by atoms with van der Waals surface area (Å²) in [5.41, 5.74) is 16.6. The molecule has 4 N–H and O–H groups in total. The van der Waals surface area contributed by atoms with Gasteiger partial charge in [0.05, 0.1) is 22.5 Å². The number of hydrogen-bond acceptors (Lipinski definition) is 6. The molecule has 5 aromatic rings. The van der Waals surface area contributed by atoms with Crippen LogP contribution in [0.3, 0.4) is 0 Å². The SMILES string of the molecule is C#Cc1cccc2nc(CC)c(-c3ccccc3)nc12.NC(=O)c1c(N)nn2cccnc12. The number of amides is 1. The Bertz CT molecular complexity index is 1500. The first-order valence-electron chi connectivity index (χ1n) is 10.2. The van der Waals surface area contributed by atoms with Gasteiger partial charge >= 0.3 is 0 Å². The largest absolute Gasteiger partial charge is 0.381 e. The smallest absolute Gasteiger partial charge is 0.256 e. The Morgan fingerprint density at radius 1 is 1.09 bits per heavy atom. The van der Waals surface area contributed by atoms with E-state index < -0.39 is 5.91 Å². The van der Waals surface area contributed by atoms with Gasteiger partial charge in [-0.3, -0.25) is 4.79 Å². The Morgan fingerprint density at radius 3 is 2.58 bits per heavy atom. The number of terminal acetylenes is 1. The number of benzene rings is 2. The van der Waals surface area contributed by atoms with E-state index in [0.717, 1.165) is 40.0 Å². The number of aromatic nitrogens is 5. The molecule has 0 radical (unpaired) electrons. The molecule has 0 saturated carbocycles. The lowest BCUT2D eigenvalue weighted by Gasteiger charge is -2.09. The van der Waals surface area contributed by atoms with Crippen LogP contribution in [0.2, 0.25) is 0 Å². The molecule has 0 aliphatic rings. The first-order chi connectivity index (χ1) is 16.0. The van der Waals surface area contributed by atoms with Crippen LogP contribution < -0.4 is 11.5 Å². The van der Waals surface area contributed by atoms with E-state index in [9.17, 15) is 4.79 Å². The highest BCUT2D eigenvalue weighted by Gasteiger charge is 2.15. The number of fused-ring (bicyclic) bond motifs is 2. The third-order valence-electron chi connectivity index (χ3n) is 4.97. The van der Waals surface area contributed by atoms with Gasteiger partial charge in [-0.25, -0.2) is 19.5 Å². The summed E-state index contributed by atoms with van der Waals surface area (Å²) in [4.78, 5) is 24.4. The molecule has 1 amide bonds. The van der Waals surface area contributed by atoms with Crippen molar-refractivity contribution >= 4 is 28.4 Å². The first kappa shape index (κ1) is 21.5. The zero-order valence-corrected chi connectivity index (χ0v) is 17.9. The predicted octanol–water partition coefficient (Wildman–Crippen LogP) is 3.25. The summed E-state index contributed by atoms with van der Waals surface area (Å²) in [6.45, 7) is 2.09. The topological polar surface area (TPSA) is 125 Å². The second-order valence-corrected chi connectivity index (χ2v) is 7.07. The number of hydrogen-bond donors (Lipinski definition) is 2. The Balaban J connectivity index is 0.000000172. The number of nitrogens with zero attached hydrogens (tertiary/aromatic N) is 5. The Hall–Kier alpha value is -4.77. The number of carbonyl (C=O) groups is 1. The van der Waals surface area contributed by atoms with Crippen LogP contribution in [0.1, 0.15) is 28.5 Å². The molecule has 0 aliphatic heterocycles. The maximum absolute atomic E-state index is 10.9. The van der Waals surface area contributed by atoms with Crippen molar-refractivity contribution in [2.24, 2.45) is 5.73 Å².